The smallest absolute Gasteiger partial charge is 0.333 e. The number of hydrogen-bond acceptors (Lipinski definition) is 2. The third-order valence-corrected chi connectivity index (χ3v) is 1.64. The molecule has 0 saturated carbocycles. The summed E-state index contributed by atoms with van der Waals surface area (Å²) < 4.78 is 35.7. The molecule has 0 aromatic carbocycles. The molecule has 0 radical (unpaired) electrons. The molecular formula is C7H12F3NOS. The summed E-state index contributed by atoms with van der Waals surface area (Å²) in [4.78, 5) is 11.8. The molecule has 0 aliphatic rings. The lowest BCUT2D eigenvalue weighted by Crippen LogP contribution is -2.41. The number of carbonyl (C=O) groups is 1. The van der Waals surface area contributed by atoms with Crippen LogP contribution in [-0.4, -0.2) is 35.3 Å². The fourth-order valence-electron chi connectivity index (χ4n) is 0.826. The standard InChI is InChI=1S/C7H12F3NOS/c1-3-11(4-7(8,9)10)6(12)5(2)13/h5,13H,3-4H2,1-2H3. The Kier molecular flexibility index (Phi) is 4.60. The van der Waals surface area contributed by atoms with Gasteiger partial charge in [0.2, 0.25) is 5.91 Å². The Morgan fingerprint density at radius 2 is 2.00 bits per heavy atom. The first-order valence-corrected chi connectivity index (χ1v) is 4.33. The fourth-order valence-corrected chi connectivity index (χ4v) is 0.989. The molecule has 0 aromatic heterocycles. The first-order chi connectivity index (χ1) is 5.78. The van der Waals surface area contributed by atoms with Gasteiger partial charge in [-0.2, -0.15) is 25.8 Å². The largest absolute Gasteiger partial charge is 0.406 e. The Bertz CT molecular complexity index is 181. The van der Waals surface area contributed by atoms with Crippen molar-refractivity contribution in [3.63, 3.8) is 0 Å². The molecule has 1 atom stereocenters. The minimum atomic E-state index is -4.34. The average molecular weight is 215 g/mol. The summed E-state index contributed by atoms with van der Waals surface area (Å²) in [6, 6.07) is 0. The molecule has 0 bridgehead atoms. The second kappa shape index (κ2) is 4.74. The number of thiol groups is 1. The number of alkyl halides is 3. The van der Waals surface area contributed by atoms with Crippen LogP contribution in [-0.2, 0) is 4.79 Å². The van der Waals surface area contributed by atoms with Crippen LogP contribution in [0.1, 0.15) is 13.8 Å². The SMILES string of the molecule is CCN(CC(F)(F)F)C(=O)C(C)S. The van der Waals surface area contributed by atoms with Gasteiger partial charge in [0, 0.05) is 6.54 Å². The van der Waals surface area contributed by atoms with Crippen LogP contribution in [0.4, 0.5) is 13.2 Å². The maximum Gasteiger partial charge on any atom is 0.406 e. The number of hydrogen-bond donors (Lipinski definition) is 1. The van der Waals surface area contributed by atoms with E-state index in [0.717, 1.165) is 4.90 Å². The monoisotopic (exact) mass is 215 g/mol. The van der Waals surface area contributed by atoms with Gasteiger partial charge >= 0.3 is 6.18 Å². The number of carbonyl (C=O) groups excluding carboxylic acids is 1. The Hall–Kier alpha value is -0.390. The van der Waals surface area contributed by atoms with E-state index in [1.54, 1.807) is 0 Å². The Morgan fingerprint density at radius 1 is 1.54 bits per heavy atom. The van der Waals surface area contributed by atoms with Gasteiger partial charge in [-0.3, -0.25) is 4.79 Å². The molecule has 2 nitrogen and oxygen atoms in total. The first kappa shape index (κ1) is 12.6. The summed E-state index contributed by atoms with van der Waals surface area (Å²) in [6.45, 7) is 1.79. The molecule has 0 aliphatic heterocycles. The molecule has 1 unspecified atom stereocenters. The van der Waals surface area contributed by atoms with Crippen LogP contribution in [0.3, 0.4) is 0 Å². The van der Waals surface area contributed by atoms with Crippen molar-refractivity contribution in [2.75, 3.05) is 13.1 Å². The second-order valence-electron chi connectivity index (χ2n) is 2.64. The zero-order valence-electron chi connectivity index (χ0n) is 7.43. The summed E-state index contributed by atoms with van der Waals surface area (Å²) in [5.41, 5.74) is 0. The highest BCUT2D eigenvalue weighted by molar-refractivity contribution is 7.81. The quantitative estimate of drug-likeness (QED) is 0.711. The van der Waals surface area contributed by atoms with Gasteiger partial charge in [-0.15, -0.1) is 0 Å². The molecule has 0 aromatic rings. The molecule has 13 heavy (non-hydrogen) atoms. The van der Waals surface area contributed by atoms with E-state index in [2.05, 4.69) is 12.6 Å². The van der Waals surface area contributed by atoms with Gasteiger partial charge in [0.1, 0.15) is 6.54 Å². The van der Waals surface area contributed by atoms with Crippen molar-refractivity contribution in [2.45, 2.75) is 25.3 Å². The molecule has 0 fully saturated rings. The predicted octanol–water partition coefficient (Wildman–Crippen LogP) is 1.72. The van der Waals surface area contributed by atoms with Crippen molar-refractivity contribution in [1.29, 1.82) is 0 Å². The lowest BCUT2D eigenvalue weighted by molar-refractivity contribution is -0.160. The van der Waals surface area contributed by atoms with E-state index in [0.29, 0.717) is 0 Å². The Morgan fingerprint density at radius 3 is 2.23 bits per heavy atom. The van der Waals surface area contributed by atoms with Gasteiger partial charge in [0.15, 0.2) is 0 Å². The summed E-state index contributed by atoms with van der Waals surface area (Å²) in [5, 5.41) is -0.692. The molecule has 0 spiro atoms. The zero-order chi connectivity index (χ0) is 10.6. The number of amides is 1. The summed E-state index contributed by atoms with van der Waals surface area (Å²) in [7, 11) is 0. The van der Waals surface area contributed by atoms with Crippen molar-refractivity contribution in [1.82, 2.24) is 4.90 Å². The first-order valence-electron chi connectivity index (χ1n) is 3.81. The van der Waals surface area contributed by atoms with Gasteiger partial charge in [-0.25, -0.2) is 0 Å². The van der Waals surface area contributed by atoms with Crippen LogP contribution in [0.25, 0.3) is 0 Å². The van der Waals surface area contributed by atoms with E-state index in [1.807, 2.05) is 0 Å². The Labute approximate surface area is 80.5 Å². The molecule has 0 rings (SSSR count). The predicted molar refractivity (Wildman–Crippen MR) is 46.8 cm³/mol. The fraction of sp³-hybridized carbons (Fsp3) is 0.857. The molecular weight excluding hydrogens is 203 g/mol. The van der Waals surface area contributed by atoms with Crippen LogP contribution in [0.5, 0.6) is 0 Å². The summed E-state index contributed by atoms with van der Waals surface area (Å²) in [5.74, 6) is -0.594. The molecule has 78 valence electrons. The van der Waals surface area contributed by atoms with Crippen LogP contribution in [0, 0.1) is 0 Å². The molecule has 0 aliphatic carbocycles. The molecule has 0 heterocycles. The van der Waals surface area contributed by atoms with E-state index in [9.17, 15) is 18.0 Å². The van der Waals surface area contributed by atoms with E-state index in [-0.39, 0.29) is 6.54 Å². The molecule has 6 heteroatoms. The van der Waals surface area contributed by atoms with E-state index >= 15 is 0 Å². The van der Waals surface area contributed by atoms with Crippen molar-refractivity contribution >= 4 is 18.5 Å². The molecule has 1 amide bonds. The van der Waals surface area contributed by atoms with Crippen molar-refractivity contribution in [2.24, 2.45) is 0 Å². The highest BCUT2D eigenvalue weighted by Crippen LogP contribution is 2.17. The summed E-state index contributed by atoms with van der Waals surface area (Å²) in [6.07, 6.45) is -4.34. The van der Waals surface area contributed by atoms with E-state index < -0.39 is 23.9 Å². The van der Waals surface area contributed by atoms with Crippen molar-refractivity contribution in [3.05, 3.63) is 0 Å². The van der Waals surface area contributed by atoms with E-state index in [4.69, 9.17) is 0 Å². The van der Waals surface area contributed by atoms with Crippen molar-refractivity contribution < 1.29 is 18.0 Å². The van der Waals surface area contributed by atoms with Gasteiger partial charge < -0.3 is 4.90 Å². The van der Waals surface area contributed by atoms with Crippen LogP contribution >= 0.6 is 12.6 Å². The minimum Gasteiger partial charge on any atom is -0.333 e. The van der Waals surface area contributed by atoms with Crippen LogP contribution in [0.2, 0.25) is 0 Å². The average Bonchev–Trinajstić information content (AvgIpc) is 1.97. The number of halogens is 3. The molecule has 0 N–H and O–H groups in total. The van der Waals surface area contributed by atoms with Gasteiger partial charge in [-0.05, 0) is 13.8 Å². The van der Waals surface area contributed by atoms with Crippen molar-refractivity contribution in [3.8, 4) is 0 Å². The maximum absolute atomic E-state index is 11.9. The topological polar surface area (TPSA) is 20.3 Å². The third kappa shape index (κ3) is 5.02. The maximum atomic E-state index is 11.9. The highest BCUT2D eigenvalue weighted by Gasteiger charge is 2.32. The van der Waals surface area contributed by atoms with Crippen LogP contribution in [0.15, 0.2) is 0 Å². The Balaban J connectivity index is 4.27. The van der Waals surface area contributed by atoms with E-state index in [1.165, 1.54) is 13.8 Å². The van der Waals surface area contributed by atoms with Gasteiger partial charge in [0.05, 0.1) is 5.25 Å². The minimum absolute atomic E-state index is 0.0449. The summed E-state index contributed by atoms with van der Waals surface area (Å²) >= 11 is 3.78. The van der Waals surface area contributed by atoms with Gasteiger partial charge in [-0.1, -0.05) is 0 Å². The number of rotatable bonds is 3. The third-order valence-electron chi connectivity index (χ3n) is 1.42. The molecule has 0 saturated heterocycles. The second-order valence-corrected chi connectivity index (χ2v) is 3.42. The van der Waals surface area contributed by atoms with Gasteiger partial charge in [0.25, 0.3) is 0 Å². The normalized spacial score (nSPS) is 14.0. The zero-order valence-corrected chi connectivity index (χ0v) is 8.32. The lowest BCUT2D eigenvalue weighted by atomic mass is 10.3. The lowest BCUT2D eigenvalue weighted by Gasteiger charge is -2.23. The highest BCUT2D eigenvalue weighted by atomic mass is 32.1. The number of nitrogens with zero attached hydrogens (tertiary/aromatic N) is 1. The van der Waals surface area contributed by atoms with Crippen LogP contribution < -0.4 is 0 Å².